The van der Waals surface area contributed by atoms with Crippen LogP contribution in [0.4, 0.5) is 11.4 Å². The average molecular weight is 545 g/mol. The Morgan fingerprint density at radius 1 is 0.949 bits per heavy atom. The Balaban J connectivity index is 1.42. The molecule has 5 rings (SSSR count). The minimum atomic E-state index is -3.30. The molecule has 0 radical (unpaired) electrons. The van der Waals surface area contributed by atoms with Crippen molar-refractivity contribution >= 4 is 39.2 Å². The Morgan fingerprint density at radius 2 is 1.69 bits per heavy atom. The van der Waals surface area contributed by atoms with E-state index in [0.29, 0.717) is 29.2 Å². The number of nitrogens with zero attached hydrogens (tertiary/aromatic N) is 1. The first-order valence-electron chi connectivity index (χ1n) is 13.3. The molecule has 1 aliphatic heterocycles. The fraction of sp³-hybridized carbons (Fsp3) is 0.290. The monoisotopic (exact) mass is 544 g/mol. The van der Waals surface area contributed by atoms with E-state index in [1.54, 1.807) is 11.0 Å². The molecule has 0 unspecified atom stereocenters. The normalized spacial score (nSPS) is 16.8. The SMILES string of the molecule is O=C(O)/C=C/c1cccc(N(Cc2ccc(-c3ccc4c(c3)S(=O)(=O)CCN4)cc2)C(=O)C2CCCCC2)c1. The van der Waals surface area contributed by atoms with Crippen LogP contribution in [0.1, 0.15) is 43.2 Å². The van der Waals surface area contributed by atoms with Crippen LogP contribution in [-0.2, 0) is 26.0 Å². The molecule has 1 fully saturated rings. The molecule has 202 valence electrons. The molecule has 0 saturated heterocycles. The summed E-state index contributed by atoms with van der Waals surface area (Å²) in [5.74, 6) is -0.878. The molecule has 0 spiro atoms. The summed E-state index contributed by atoms with van der Waals surface area (Å²) < 4.78 is 25.1. The molecule has 39 heavy (non-hydrogen) atoms. The summed E-state index contributed by atoms with van der Waals surface area (Å²) >= 11 is 0. The van der Waals surface area contributed by atoms with Gasteiger partial charge in [0.2, 0.25) is 5.91 Å². The summed E-state index contributed by atoms with van der Waals surface area (Å²) in [6.07, 6.45) is 7.62. The van der Waals surface area contributed by atoms with E-state index >= 15 is 0 Å². The van der Waals surface area contributed by atoms with E-state index in [2.05, 4.69) is 5.32 Å². The number of amides is 1. The third-order valence-electron chi connectivity index (χ3n) is 7.45. The van der Waals surface area contributed by atoms with E-state index in [-0.39, 0.29) is 17.6 Å². The van der Waals surface area contributed by atoms with E-state index in [1.165, 1.54) is 6.08 Å². The van der Waals surface area contributed by atoms with Gasteiger partial charge in [0, 0.05) is 24.2 Å². The molecule has 2 N–H and O–H groups in total. The topological polar surface area (TPSA) is 104 Å². The van der Waals surface area contributed by atoms with Gasteiger partial charge in [-0.1, -0.05) is 61.7 Å². The summed E-state index contributed by atoms with van der Waals surface area (Å²) in [6.45, 7) is 0.794. The number of fused-ring (bicyclic) bond motifs is 1. The number of aliphatic carboxylic acids is 1. The highest BCUT2D eigenvalue weighted by Gasteiger charge is 2.27. The zero-order valence-electron chi connectivity index (χ0n) is 21.7. The van der Waals surface area contributed by atoms with Crippen LogP contribution in [-0.4, -0.2) is 37.7 Å². The van der Waals surface area contributed by atoms with Crippen molar-refractivity contribution in [1.82, 2.24) is 0 Å². The van der Waals surface area contributed by atoms with E-state index in [0.717, 1.165) is 60.6 Å². The van der Waals surface area contributed by atoms with E-state index in [4.69, 9.17) is 5.11 Å². The number of carbonyl (C=O) groups is 2. The van der Waals surface area contributed by atoms with Crippen LogP contribution in [0.3, 0.4) is 0 Å². The lowest BCUT2D eigenvalue weighted by Gasteiger charge is -2.30. The van der Waals surface area contributed by atoms with Crippen molar-refractivity contribution < 1.29 is 23.1 Å². The minimum Gasteiger partial charge on any atom is -0.478 e. The van der Waals surface area contributed by atoms with Crippen LogP contribution in [0.25, 0.3) is 17.2 Å². The molecule has 3 aromatic rings. The third-order valence-corrected chi connectivity index (χ3v) is 9.20. The van der Waals surface area contributed by atoms with Crippen molar-refractivity contribution in [1.29, 1.82) is 0 Å². The Bertz CT molecular complexity index is 1510. The molecular weight excluding hydrogens is 512 g/mol. The Labute approximate surface area is 229 Å². The summed E-state index contributed by atoms with van der Waals surface area (Å²) in [5, 5.41) is 12.2. The quantitative estimate of drug-likeness (QED) is 0.366. The van der Waals surface area contributed by atoms with Crippen LogP contribution >= 0.6 is 0 Å². The molecule has 0 bridgehead atoms. The first kappa shape index (κ1) is 26.7. The lowest BCUT2D eigenvalue weighted by molar-refractivity contribution is -0.131. The average Bonchev–Trinajstić information content (AvgIpc) is 2.95. The number of carbonyl (C=O) groups excluding carboxylic acids is 1. The van der Waals surface area contributed by atoms with Crippen molar-refractivity contribution in [3.05, 3.63) is 83.9 Å². The highest BCUT2D eigenvalue weighted by atomic mass is 32.2. The van der Waals surface area contributed by atoms with Gasteiger partial charge in [0.1, 0.15) is 0 Å². The number of benzene rings is 3. The lowest BCUT2D eigenvalue weighted by Crippen LogP contribution is -2.36. The first-order chi connectivity index (χ1) is 18.8. The van der Waals surface area contributed by atoms with Gasteiger partial charge in [-0.15, -0.1) is 0 Å². The van der Waals surface area contributed by atoms with Crippen LogP contribution in [0.5, 0.6) is 0 Å². The zero-order valence-corrected chi connectivity index (χ0v) is 22.5. The number of nitrogens with one attached hydrogen (secondary N) is 1. The summed E-state index contributed by atoms with van der Waals surface area (Å²) in [4.78, 5) is 26.8. The van der Waals surface area contributed by atoms with Crippen molar-refractivity contribution in [2.45, 2.75) is 43.5 Å². The highest BCUT2D eigenvalue weighted by Crippen LogP contribution is 2.33. The molecule has 7 nitrogen and oxygen atoms in total. The smallest absolute Gasteiger partial charge is 0.328 e. The van der Waals surface area contributed by atoms with Crippen molar-refractivity contribution in [3.8, 4) is 11.1 Å². The van der Waals surface area contributed by atoms with Gasteiger partial charge < -0.3 is 15.3 Å². The van der Waals surface area contributed by atoms with Gasteiger partial charge in [0.15, 0.2) is 9.84 Å². The van der Waals surface area contributed by atoms with Crippen LogP contribution in [0.15, 0.2) is 77.7 Å². The second-order valence-corrected chi connectivity index (χ2v) is 12.3. The van der Waals surface area contributed by atoms with Gasteiger partial charge in [0.05, 0.1) is 22.9 Å². The minimum absolute atomic E-state index is 0.0257. The van der Waals surface area contributed by atoms with E-state index in [1.807, 2.05) is 60.7 Å². The third kappa shape index (κ3) is 6.23. The van der Waals surface area contributed by atoms with Crippen LogP contribution in [0, 0.1) is 5.92 Å². The maximum Gasteiger partial charge on any atom is 0.328 e. The van der Waals surface area contributed by atoms with Crippen LogP contribution < -0.4 is 10.2 Å². The summed E-state index contributed by atoms with van der Waals surface area (Å²) in [6, 6.07) is 20.7. The van der Waals surface area contributed by atoms with Crippen molar-refractivity contribution in [2.24, 2.45) is 5.92 Å². The zero-order chi connectivity index (χ0) is 27.4. The second kappa shape index (κ2) is 11.5. The molecule has 1 amide bonds. The number of hydrogen-bond acceptors (Lipinski definition) is 5. The van der Waals surface area contributed by atoms with Gasteiger partial charge in [-0.2, -0.15) is 0 Å². The molecule has 0 atom stereocenters. The number of carboxylic acids is 1. The standard InChI is InChI=1S/C31H32N2O5S/c34-30(35)16-11-22-5-4-8-27(19-22)33(31(36)25-6-2-1-3-7-25)21-23-9-12-24(13-10-23)26-14-15-28-29(20-26)39(37,38)18-17-32-28/h4-5,8-16,19-20,25,32H,1-3,6-7,17-18,21H2,(H,34,35)/b16-11+. The van der Waals surface area contributed by atoms with Crippen molar-refractivity contribution in [3.63, 3.8) is 0 Å². The predicted molar refractivity (Wildman–Crippen MR) is 153 cm³/mol. The number of sulfone groups is 1. The second-order valence-electron chi connectivity index (χ2n) is 10.2. The number of hydrogen-bond donors (Lipinski definition) is 2. The van der Waals surface area contributed by atoms with E-state index < -0.39 is 15.8 Å². The fourth-order valence-corrected chi connectivity index (χ4v) is 6.72. The Morgan fingerprint density at radius 3 is 2.44 bits per heavy atom. The fourth-order valence-electron chi connectivity index (χ4n) is 5.35. The van der Waals surface area contributed by atoms with Crippen LogP contribution in [0.2, 0.25) is 0 Å². The lowest BCUT2D eigenvalue weighted by atomic mass is 9.88. The molecule has 1 aliphatic carbocycles. The summed E-state index contributed by atoms with van der Waals surface area (Å²) in [7, 11) is -3.30. The van der Waals surface area contributed by atoms with Gasteiger partial charge in [-0.05, 0) is 65.4 Å². The summed E-state index contributed by atoms with van der Waals surface area (Å²) in [5.41, 5.74) is 4.74. The number of carboxylic acid groups (broad SMARTS) is 1. The van der Waals surface area contributed by atoms with E-state index in [9.17, 15) is 18.0 Å². The molecule has 2 aliphatic rings. The predicted octanol–water partition coefficient (Wildman–Crippen LogP) is 5.76. The maximum absolute atomic E-state index is 13.7. The molecule has 1 saturated carbocycles. The largest absolute Gasteiger partial charge is 0.478 e. The van der Waals surface area contributed by atoms with Gasteiger partial charge in [-0.25, -0.2) is 13.2 Å². The van der Waals surface area contributed by atoms with Gasteiger partial charge in [0.25, 0.3) is 0 Å². The molecule has 0 aromatic heterocycles. The Kier molecular flexibility index (Phi) is 7.84. The first-order valence-corrected chi connectivity index (χ1v) is 15.0. The van der Waals surface area contributed by atoms with Gasteiger partial charge >= 0.3 is 5.97 Å². The molecule has 1 heterocycles. The molecule has 3 aromatic carbocycles. The van der Waals surface area contributed by atoms with Crippen molar-refractivity contribution in [2.75, 3.05) is 22.5 Å². The Hall–Kier alpha value is -3.91. The highest BCUT2D eigenvalue weighted by molar-refractivity contribution is 7.91. The number of anilines is 2. The number of rotatable bonds is 7. The maximum atomic E-state index is 13.7. The van der Waals surface area contributed by atoms with Gasteiger partial charge in [-0.3, -0.25) is 4.79 Å². The molecule has 8 heteroatoms. The molecular formula is C31H32N2O5S.